The number of rotatable bonds is 4. The van der Waals surface area contributed by atoms with Crippen LogP contribution in [0.15, 0.2) is 54.9 Å². The molecule has 0 bridgehead atoms. The van der Waals surface area contributed by atoms with Crippen molar-refractivity contribution in [2.45, 2.75) is 24.7 Å². The zero-order valence-corrected chi connectivity index (χ0v) is 15.5. The van der Waals surface area contributed by atoms with Crippen molar-refractivity contribution in [1.29, 1.82) is 0 Å². The summed E-state index contributed by atoms with van der Waals surface area (Å²) in [5.41, 5.74) is -1.60. The summed E-state index contributed by atoms with van der Waals surface area (Å²) in [7, 11) is 1.55. The highest BCUT2D eigenvalue weighted by molar-refractivity contribution is 5.92. The second-order valence-corrected chi connectivity index (χ2v) is 6.90. The number of aliphatic hydroxyl groups is 1. The first-order valence-electron chi connectivity index (χ1n) is 9.03. The summed E-state index contributed by atoms with van der Waals surface area (Å²) >= 11 is 0. The minimum Gasteiger partial charge on any atom is -0.372 e. The van der Waals surface area contributed by atoms with Gasteiger partial charge in [0.1, 0.15) is 0 Å². The molecule has 0 spiro atoms. The maximum atomic E-state index is 13.9. The van der Waals surface area contributed by atoms with Crippen molar-refractivity contribution >= 4 is 5.91 Å². The van der Waals surface area contributed by atoms with Gasteiger partial charge in [0.25, 0.3) is 0 Å². The molecule has 8 heteroatoms. The zero-order valence-electron chi connectivity index (χ0n) is 15.5. The van der Waals surface area contributed by atoms with Gasteiger partial charge in [-0.2, -0.15) is 18.3 Å². The molecular formula is C21H18F3N3O2. The number of hydrogen-bond donors (Lipinski definition) is 2. The van der Waals surface area contributed by atoms with E-state index in [4.69, 9.17) is 0 Å². The number of fused-ring (bicyclic) bond motifs is 3. The minimum atomic E-state index is -4.87. The Hall–Kier alpha value is -3.13. The molecule has 2 aromatic carbocycles. The number of aryl methyl sites for hydroxylation is 1. The normalized spacial score (nSPS) is 17.7. The molecule has 29 heavy (non-hydrogen) atoms. The van der Waals surface area contributed by atoms with Crippen LogP contribution in [0.25, 0.3) is 22.3 Å². The Bertz CT molecular complexity index is 1090. The summed E-state index contributed by atoms with van der Waals surface area (Å²) in [6, 6.07) is 10.5. The van der Waals surface area contributed by atoms with Crippen LogP contribution < -0.4 is 5.32 Å². The summed E-state index contributed by atoms with van der Waals surface area (Å²) in [6.07, 6.45) is -1.40. The van der Waals surface area contributed by atoms with E-state index in [9.17, 15) is 23.1 Å². The molecule has 0 radical (unpaired) electrons. The van der Waals surface area contributed by atoms with E-state index in [-0.39, 0.29) is 23.5 Å². The fraction of sp³-hybridized carbons (Fsp3) is 0.238. The molecule has 1 aromatic heterocycles. The van der Waals surface area contributed by atoms with E-state index >= 15 is 0 Å². The lowest BCUT2D eigenvalue weighted by Gasteiger charge is -2.28. The highest BCUT2D eigenvalue weighted by atomic mass is 19.4. The summed E-state index contributed by atoms with van der Waals surface area (Å²) in [4.78, 5) is 11.4. The Labute approximate surface area is 164 Å². The summed E-state index contributed by atoms with van der Waals surface area (Å²) in [5, 5.41) is 17.5. The number of nitrogens with one attached hydrogen (secondary N) is 1. The molecule has 1 atom stereocenters. The van der Waals surface area contributed by atoms with Crippen LogP contribution in [0.1, 0.15) is 17.5 Å². The second-order valence-electron chi connectivity index (χ2n) is 6.90. The first kappa shape index (κ1) is 19.2. The number of amides is 1. The quantitative estimate of drug-likeness (QED) is 0.704. The van der Waals surface area contributed by atoms with Crippen LogP contribution in [0, 0.1) is 0 Å². The molecule has 1 amide bonds. The van der Waals surface area contributed by atoms with Gasteiger partial charge in [-0.25, -0.2) is 0 Å². The van der Waals surface area contributed by atoms with Gasteiger partial charge in [0.15, 0.2) is 0 Å². The van der Waals surface area contributed by atoms with Crippen LogP contribution in [0.3, 0.4) is 0 Å². The number of benzene rings is 2. The number of nitrogens with zero attached hydrogens (tertiary/aromatic N) is 2. The maximum Gasteiger partial charge on any atom is 0.425 e. The number of halogens is 3. The first-order valence-corrected chi connectivity index (χ1v) is 9.03. The van der Waals surface area contributed by atoms with E-state index in [0.717, 1.165) is 0 Å². The van der Waals surface area contributed by atoms with Gasteiger partial charge in [-0.15, -0.1) is 0 Å². The van der Waals surface area contributed by atoms with Gasteiger partial charge in [0, 0.05) is 42.9 Å². The average molecular weight is 401 g/mol. The third kappa shape index (κ3) is 2.91. The zero-order chi connectivity index (χ0) is 20.8. The number of carbonyl (C=O) groups excluding carboxylic acids is 1. The lowest BCUT2D eigenvalue weighted by atomic mass is 9.89. The van der Waals surface area contributed by atoms with Crippen LogP contribution >= 0.6 is 0 Å². The van der Waals surface area contributed by atoms with Crippen molar-refractivity contribution in [3.8, 4) is 22.3 Å². The third-order valence-electron chi connectivity index (χ3n) is 5.24. The molecule has 150 valence electrons. The fourth-order valence-electron chi connectivity index (χ4n) is 3.82. The van der Waals surface area contributed by atoms with Crippen LogP contribution in [0.4, 0.5) is 13.2 Å². The van der Waals surface area contributed by atoms with E-state index in [1.807, 2.05) is 0 Å². The first-order chi connectivity index (χ1) is 13.8. The average Bonchev–Trinajstić information content (AvgIpc) is 3.28. The highest BCUT2D eigenvalue weighted by Gasteiger charge is 2.61. The molecule has 1 unspecified atom stereocenters. The molecule has 1 aliphatic carbocycles. The van der Waals surface area contributed by atoms with E-state index in [1.54, 1.807) is 42.3 Å². The Balaban J connectivity index is 1.84. The summed E-state index contributed by atoms with van der Waals surface area (Å²) in [6.45, 7) is 0.345. The van der Waals surface area contributed by atoms with E-state index in [0.29, 0.717) is 28.8 Å². The molecule has 2 N–H and O–H groups in total. The van der Waals surface area contributed by atoms with Gasteiger partial charge in [-0.05, 0) is 16.7 Å². The second kappa shape index (κ2) is 6.73. The highest BCUT2D eigenvalue weighted by Crippen LogP contribution is 2.56. The lowest BCUT2D eigenvalue weighted by molar-refractivity contribution is -0.246. The van der Waals surface area contributed by atoms with E-state index in [1.165, 1.54) is 24.3 Å². The van der Waals surface area contributed by atoms with Gasteiger partial charge in [0.2, 0.25) is 11.5 Å². The largest absolute Gasteiger partial charge is 0.425 e. The molecule has 0 saturated carbocycles. The number of aromatic nitrogens is 2. The van der Waals surface area contributed by atoms with Gasteiger partial charge < -0.3 is 10.4 Å². The van der Waals surface area contributed by atoms with Crippen molar-refractivity contribution in [2.75, 3.05) is 7.05 Å². The molecule has 5 nitrogen and oxygen atoms in total. The Kier molecular flexibility index (Phi) is 4.46. The van der Waals surface area contributed by atoms with Crippen LogP contribution in [0.5, 0.6) is 0 Å². The smallest absolute Gasteiger partial charge is 0.372 e. The fourth-order valence-corrected chi connectivity index (χ4v) is 3.82. The van der Waals surface area contributed by atoms with Crippen molar-refractivity contribution in [3.05, 3.63) is 66.0 Å². The van der Waals surface area contributed by atoms with Crippen molar-refractivity contribution < 1.29 is 23.1 Å². The van der Waals surface area contributed by atoms with E-state index < -0.39 is 11.8 Å². The van der Waals surface area contributed by atoms with Gasteiger partial charge in [0.05, 0.1) is 6.20 Å². The van der Waals surface area contributed by atoms with Crippen molar-refractivity contribution in [3.63, 3.8) is 0 Å². The minimum absolute atomic E-state index is 0.133. The predicted octanol–water partition coefficient (Wildman–Crippen LogP) is 3.46. The molecule has 1 aliphatic rings. The topological polar surface area (TPSA) is 67.2 Å². The molecular weight excluding hydrogens is 383 g/mol. The Morgan fingerprint density at radius 2 is 1.83 bits per heavy atom. The molecule has 0 fully saturated rings. The maximum absolute atomic E-state index is 13.9. The van der Waals surface area contributed by atoms with Crippen LogP contribution in [-0.4, -0.2) is 34.0 Å². The molecule has 0 aliphatic heterocycles. The van der Waals surface area contributed by atoms with E-state index in [2.05, 4.69) is 10.4 Å². The predicted molar refractivity (Wildman–Crippen MR) is 101 cm³/mol. The third-order valence-corrected chi connectivity index (χ3v) is 5.24. The Morgan fingerprint density at radius 3 is 2.55 bits per heavy atom. The monoisotopic (exact) mass is 401 g/mol. The van der Waals surface area contributed by atoms with Crippen molar-refractivity contribution in [2.24, 2.45) is 0 Å². The number of carbonyl (C=O) groups is 1. The Morgan fingerprint density at radius 1 is 1.14 bits per heavy atom. The number of alkyl halides is 3. The van der Waals surface area contributed by atoms with Gasteiger partial charge in [-0.3, -0.25) is 9.48 Å². The van der Waals surface area contributed by atoms with Gasteiger partial charge in [-0.1, -0.05) is 42.5 Å². The molecule has 0 saturated heterocycles. The van der Waals surface area contributed by atoms with Crippen LogP contribution in [0.2, 0.25) is 0 Å². The van der Waals surface area contributed by atoms with Crippen molar-refractivity contribution in [1.82, 2.24) is 15.1 Å². The molecule has 1 heterocycles. The summed E-state index contributed by atoms with van der Waals surface area (Å²) in [5.74, 6) is -0.133. The molecule has 4 rings (SSSR count). The lowest BCUT2D eigenvalue weighted by Crippen LogP contribution is -2.41. The van der Waals surface area contributed by atoms with Gasteiger partial charge >= 0.3 is 6.18 Å². The number of hydrogen-bond acceptors (Lipinski definition) is 3. The SMILES string of the molecule is CNC(=O)CCn1cc(-c2cccc3c2-c2ccccc2C3(O)C(F)(F)F)cn1. The van der Waals surface area contributed by atoms with Crippen LogP contribution in [-0.2, 0) is 16.9 Å². The standard InChI is InChI=1S/C21H18F3N3O2/c1-25-18(28)9-10-27-12-13(11-26-27)14-6-4-8-17-19(14)15-5-2-3-7-16(15)20(17,29)21(22,23)24/h2-8,11-12,29H,9-10H2,1H3,(H,25,28). The summed E-state index contributed by atoms with van der Waals surface area (Å²) < 4.78 is 43.4. The molecule has 3 aromatic rings.